The molecule has 0 radical (unpaired) electrons. The molecule has 3 N–H and O–H groups in total. The number of hydrogen-bond acceptors (Lipinski definition) is 2. The SMILES string of the molecule is CSc1ccccc1NC(N)=NC1CC1. The number of nitrogens with one attached hydrogen (secondary N) is 1. The predicted molar refractivity (Wildman–Crippen MR) is 66.5 cm³/mol. The van der Waals surface area contributed by atoms with E-state index in [0.717, 1.165) is 5.69 Å². The molecule has 0 atom stereocenters. The summed E-state index contributed by atoms with van der Waals surface area (Å²) in [5.41, 5.74) is 6.83. The van der Waals surface area contributed by atoms with Crippen LogP contribution >= 0.6 is 11.8 Å². The molecule has 0 spiro atoms. The molecule has 80 valence electrons. The lowest BCUT2D eigenvalue weighted by Gasteiger charge is -2.09. The number of rotatable bonds is 3. The van der Waals surface area contributed by atoms with E-state index < -0.39 is 0 Å². The molecule has 1 fully saturated rings. The summed E-state index contributed by atoms with van der Waals surface area (Å²) in [5.74, 6) is 0.527. The second-order valence-electron chi connectivity index (χ2n) is 3.57. The van der Waals surface area contributed by atoms with E-state index in [4.69, 9.17) is 5.73 Å². The molecule has 1 saturated carbocycles. The van der Waals surface area contributed by atoms with Crippen LogP contribution in [0.5, 0.6) is 0 Å². The Morgan fingerprint density at radius 2 is 2.20 bits per heavy atom. The predicted octanol–water partition coefficient (Wildman–Crippen LogP) is 2.30. The Morgan fingerprint density at radius 1 is 1.47 bits per heavy atom. The Balaban J connectivity index is 2.08. The van der Waals surface area contributed by atoms with Crippen molar-refractivity contribution in [1.29, 1.82) is 0 Å². The first-order chi connectivity index (χ1) is 7.29. The lowest BCUT2D eigenvalue weighted by atomic mass is 10.3. The second kappa shape index (κ2) is 4.57. The Kier molecular flexibility index (Phi) is 3.16. The Morgan fingerprint density at radius 3 is 2.87 bits per heavy atom. The van der Waals surface area contributed by atoms with Crippen LogP contribution < -0.4 is 11.1 Å². The first kappa shape index (κ1) is 10.4. The highest BCUT2D eigenvalue weighted by Gasteiger charge is 2.20. The third kappa shape index (κ3) is 2.89. The smallest absolute Gasteiger partial charge is 0.193 e. The largest absolute Gasteiger partial charge is 0.370 e. The summed E-state index contributed by atoms with van der Waals surface area (Å²) >= 11 is 1.70. The van der Waals surface area contributed by atoms with E-state index in [9.17, 15) is 0 Å². The third-order valence-electron chi connectivity index (χ3n) is 2.24. The average molecular weight is 221 g/mol. The molecule has 0 bridgehead atoms. The van der Waals surface area contributed by atoms with Gasteiger partial charge < -0.3 is 11.1 Å². The van der Waals surface area contributed by atoms with Crippen LogP contribution in [0.3, 0.4) is 0 Å². The van der Waals surface area contributed by atoms with Crippen LogP contribution in [0.2, 0.25) is 0 Å². The minimum atomic E-state index is 0.457. The van der Waals surface area contributed by atoms with Crippen molar-refractivity contribution in [2.45, 2.75) is 23.8 Å². The monoisotopic (exact) mass is 221 g/mol. The average Bonchev–Trinajstić information content (AvgIpc) is 3.02. The molecule has 0 saturated heterocycles. The first-order valence-corrected chi connectivity index (χ1v) is 6.25. The van der Waals surface area contributed by atoms with Crippen molar-refractivity contribution >= 4 is 23.4 Å². The van der Waals surface area contributed by atoms with E-state index in [-0.39, 0.29) is 0 Å². The van der Waals surface area contributed by atoms with Crippen LogP contribution in [0, 0.1) is 0 Å². The molecule has 15 heavy (non-hydrogen) atoms. The second-order valence-corrected chi connectivity index (χ2v) is 4.42. The van der Waals surface area contributed by atoms with Gasteiger partial charge >= 0.3 is 0 Å². The number of nitrogens with two attached hydrogens (primary N) is 1. The standard InChI is InChI=1S/C11H15N3S/c1-15-10-5-3-2-4-9(10)14-11(12)13-8-6-7-8/h2-5,8H,6-7H2,1H3,(H3,12,13,14). The van der Waals surface area contributed by atoms with Crippen molar-refractivity contribution in [3.8, 4) is 0 Å². The molecular formula is C11H15N3S. The van der Waals surface area contributed by atoms with E-state index in [1.54, 1.807) is 11.8 Å². The summed E-state index contributed by atoms with van der Waals surface area (Å²) in [6.07, 6.45) is 4.40. The third-order valence-corrected chi connectivity index (χ3v) is 3.03. The zero-order chi connectivity index (χ0) is 10.7. The van der Waals surface area contributed by atoms with Gasteiger partial charge in [-0.1, -0.05) is 12.1 Å². The molecule has 0 unspecified atom stereocenters. The molecule has 4 heteroatoms. The molecule has 0 aromatic heterocycles. The molecule has 1 aromatic rings. The number of thioether (sulfide) groups is 1. The van der Waals surface area contributed by atoms with Crippen LogP contribution in [-0.4, -0.2) is 18.3 Å². The topological polar surface area (TPSA) is 50.4 Å². The fourth-order valence-corrected chi connectivity index (χ4v) is 1.87. The number of benzene rings is 1. The molecule has 1 aliphatic carbocycles. The van der Waals surface area contributed by atoms with Crippen LogP contribution in [0.25, 0.3) is 0 Å². The maximum absolute atomic E-state index is 5.80. The number of para-hydroxylation sites is 1. The van der Waals surface area contributed by atoms with Crippen molar-refractivity contribution in [1.82, 2.24) is 0 Å². The molecule has 0 amide bonds. The summed E-state index contributed by atoms with van der Waals surface area (Å²) in [4.78, 5) is 5.52. The highest BCUT2D eigenvalue weighted by molar-refractivity contribution is 7.98. The zero-order valence-electron chi connectivity index (χ0n) is 8.73. The quantitative estimate of drug-likeness (QED) is 0.468. The normalized spacial score (nSPS) is 16.5. The van der Waals surface area contributed by atoms with Gasteiger partial charge in [0.25, 0.3) is 0 Å². The summed E-state index contributed by atoms with van der Waals surface area (Å²) in [5, 5.41) is 3.14. The van der Waals surface area contributed by atoms with Gasteiger partial charge in [-0.15, -0.1) is 11.8 Å². The van der Waals surface area contributed by atoms with Gasteiger partial charge in [0.1, 0.15) is 0 Å². The van der Waals surface area contributed by atoms with Crippen LogP contribution in [0.4, 0.5) is 5.69 Å². The number of nitrogens with zero attached hydrogens (tertiary/aromatic N) is 1. The van der Waals surface area contributed by atoms with Crippen molar-refractivity contribution < 1.29 is 0 Å². The molecule has 2 rings (SSSR count). The van der Waals surface area contributed by atoms with E-state index >= 15 is 0 Å². The highest BCUT2D eigenvalue weighted by atomic mass is 32.2. The summed E-state index contributed by atoms with van der Waals surface area (Å²) in [6.45, 7) is 0. The van der Waals surface area contributed by atoms with Gasteiger partial charge in [-0.3, -0.25) is 0 Å². The molecular weight excluding hydrogens is 206 g/mol. The summed E-state index contributed by atoms with van der Waals surface area (Å²) in [6, 6.07) is 8.55. The molecule has 0 heterocycles. The van der Waals surface area contributed by atoms with Crippen LogP contribution in [0.1, 0.15) is 12.8 Å². The van der Waals surface area contributed by atoms with Gasteiger partial charge in [0, 0.05) is 4.90 Å². The maximum atomic E-state index is 5.80. The first-order valence-electron chi connectivity index (χ1n) is 5.03. The van der Waals surface area contributed by atoms with Crippen LogP contribution in [-0.2, 0) is 0 Å². The van der Waals surface area contributed by atoms with Crippen molar-refractivity contribution in [3.05, 3.63) is 24.3 Å². The van der Waals surface area contributed by atoms with Gasteiger partial charge in [-0.2, -0.15) is 0 Å². The van der Waals surface area contributed by atoms with E-state index in [1.165, 1.54) is 17.7 Å². The fraction of sp³-hybridized carbons (Fsp3) is 0.364. The molecule has 3 nitrogen and oxygen atoms in total. The van der Waals surface area contributed by atoms with E-state index in [2.05, 4.69) is 22.6 Å². The molecule has 1 aliphatic rings. The fourth-order valence-electron chi connectivity index (χ4n) is 1.32. The minimum Gasteiger partial charge on any atom is -0.370 e. The number of aliphatic imine (C=N–C) groups is 1. The van der Waals surface area contributed by atoms with E-state index in [0.29, 0.717) is 12.0 Å². The number of anilines is 1. The van der Waals surface area contributed by atoms with Gasteiger partial charge in [-0.25, -0.2) is 4.99 Å². The lowest BCUT2D eigenvalue weighted by Crippen LogP contribution is -2.23. The van der Waals surface area contributed by atoms with Gasteiger partial charge in [-0.05, 0) is 31.2 Å². The molecule has 1 aromatic carbocycles. The zero-order valence-corrected chi connectivity index (χ0v) is 9.55. The Bertz CT molecular complexity index is 372. The van der Waals surface area contributed by atoms with Gasteiger partial charge in [0.05, 0.1) is 11.7 Å². The van der Waals surface area contributed by atoms with Crippen LogP contribution in [0.15, 0.2) is 34.2 Å². The number of hydrogen-bond donors (Lipinski definition) is 2. The van der Waals surface area contributed by atoms with Crippen molar-refractivity contribution in [2.24, 2.45) is 10.7 Å². The Hall–Kier alpha value is -1.16. The molecule has 0 aliphatic heterocycles. The van der Waals surface area contributed by atoms with Gasteiger partial charge in [0.15, 0.2) is 5.96 Å². The Labute approximate surface area is 94.2 Å². The van der Waals surface area contributed by atoms with Crippen molar-refractivity contribution in [2.75, 3.05) is 11.6 Å². The minimum absolute atomic E-state index is 0.457. The summed E-state index contributed by atoms with van der Waals surface area (Å²) < 4.78 is 0. The van der Waals surface area contributed by atoms with Gasteiger partial charge in [0.2, 0.25) is 0 Å². The number of guanidine groups is 1. The maximum Gasteiger partial charge on any atom is 0.193 e. The summed E-state index contributed by atoms with van der Waals surface area (Å²) in [7, 11) is 0. The van der Waals surface area contributed by atoms with E-state index in [1.807, 2.05) is 18.2 Å². The lowest BCUT2D eigenvalue weighted by molar-refractivity contribution is 1.06. The van der Waals surface area contributed by atoms with Crippen molar-refractivity contribution in [3.63, 3.8) is 0 Å². The highest BCUT2D eigenvalue weighted by Crippen LogP contribution is 2.26.